The van der Waals surface area contributed by atoms with Gasteiger partial charge in [-0.15, -0.1) is 0 Å². The second-order valence-electron chi connectivity index (χ2n) is 6.45. The van der Waals surface area contributed by atoms with Crippen molar-refractivity contribution in [1.82, 2.24) is 10.2 Å². The zero-order valence-electron chi connectivity index (χ0n) is 12.8. The molecular formula is C16H31N3O. The van der Waals surface area contributed by atoms with E-state index in [1.165, 1.54) is 51.4 Å². The number of hydrogen-bond donors (Lipinski definition) is 2. The van der Waals surface area contributed by atoms with Crippen molar-refractivity contribution in [1.29, 1.82) is 0 Å². The standard InChI is InChI=1S/C16H31N3O/c17-11-12-19(15-9-5-6-10-15)13-16(20)18-14-7-3-1-2-4-8-14/h14-15H,1-13,17H2,(H,18,20). The number of rotatable bonds is 6. The van der Waals surface area contributed by atoms with Gasteiger partial charge in [0.1, 0.15) is 0 Å². The highest BCUT2D eigenvalue weighted by atomic mass is 16.2. The molecule has 0 saturated heterocycles. The number of nitrogens with one attached hydrogen (secondary N) is 1. The molecule has 0 atom stereocenters. The lowest BCUT2D eigenvalue weighted by Gasteiger charge is -2.28. The van der Waals surface area contributed by atoms with Gasteiger partial charge in [-0.25, -0.2) is 0 Å². The van der Waals surface area contributed by atoms with Gasteiger partial charge in [0.2, 0.25) is 5.91 Å². The number of carbonyl (C=O) groups excluding carboxylic acids is 1. The molecule has 0 heterocycles. The summed E-state index contributed by atoms with van der Waals surface area (Å²) in [6.07, 6.45) is 12.6. The SMILES string of the molecule is NCCN(CC(=O)NC1CCCCCC1)C1CCCC1. The number of nitrogens with zero attached hydrogens (tertiary/aromatic N) is 1. The summed E-state index contributed by atoms with van der Waals surface area (Å²) in [5, 5.41) is 3.25. The van der Waals surface area contributed by atoms with Crippen LogP contribution in [0.2, 0.25) is 0 Å². The zero-order valence-corrected chi connectivity index (χ0v) is 12.8. The van der Waals surface area contributed by atoms with Gasteiger partial charge >= 0.3 is 0 Å². The van der Waals surface area contributed by atoms with Crippen LogP contribution in [0.25, 0.3) is 0 Å². The van der Waals surface area contributed by atoms with Crippen molar-refractivity contribution in [2.45, 2.75) is 76.3 Å². The Labute approximate surface area is 123 Å². The third-order valence-electron chi connectivity index (χ3n) is 4.82. The van der Waals surface area contributed by atoms with Gasteiger partial charge in [0.25, 0.3) is 0 Å². The highest BCUT2D eigenvalue weighted by Crippen LogP contribution is 2.23. The van der Waals surface area contributed by atoms with Crippen LogP contribution in [0.5, 0.6) is 0 Å². The maximum absolute atomic E-state index is 12.3. The Balaban J connectivity index is 1.77. The summed E-state index contributed by atoms with van der Waals surface area (Å²) in [4.78, 5) is 14.6. The smallest absolute Gasteiger partial charge is 0.234 e. The highest BCUT2D eigenvalue weighted by Gasteiger charge is 2.24. The molecule has 2 aliphatic carbocycles. The second kappa shape index (κ2) is 8.63. The van der Waals surface area contributed by atoms with E-state index in [9.17, 15) is 4.79 Å². The van der Waals surface area contributed by atoms with Crippen molar-refractivity contribution in [3.63, 3.8) is 0 Å². The van der Waals surface area contributed by atoms with Crippen LogP contribution >= 0.6 is 0 Å². The van der Waals surface area contributed by atoms with Crippen LogP contribution in [0, 0.1) is 0 Å². The van der Waals surface area contributed by atoms with Crippen molar-refractivity contribution in [3.8, 4) is 0 Å². The largest absolute Gasteiger partial charge is 0.352 e. The molecule has 2 saturated carbocycles. The molecule has 3 N–H and O–H groups in total. The monoisotopic (exact) mass is 281 g/mol. The zero-order chi connectivity index (χ0) is 14.2. The van der Waals surface area contributed by atoms with E-state index in [1.807, 2.05) is 0 Å². The molecule has 0 bridgehead atoms. The van der Waals surface area contributed by atoms with Crippen molar-refractivity contribution in [2.24, 2.45) is 5.73 Å². The van der Waals surface area contributed by atoms with Gasteiger partial charge in [-0.3, -0.25) is 9.69 Å². The van der Waals surface area contributed by atoms with Gasteiger partial charge in [-0.2, -0.15) is 0 Å². The Hall–Kier alpha value is -0.610. The van der Waals surface area contributed by atoms with E-state index in [1.54, 1.807) is 0 Å². The fraction of sp³-hybridized carbons (Fsp3) is 0.938. The molecule has 2 rings (SSSR count). The second-order valence-corrected chi connectivity index (χ2v) is 6.45. The first-order valence-corrected chi connectivity index (χ1v) is 8.53. The summed E-state index contributed by atoms with van der Waals surface area (Å²) in [7, 11) is 0. The Morgan fingerprint density at radius 3 is 2.20 bits per heavy atom. The van der Waals surface area contributed by atoms with Gasteiger partial charge in [-0.05, 0) is 25.7 Å². The fourth-order valence-electron chi connectivity index (χ4n) is 3.71. The van der Waals surface area contributed by atoms with Crippen LogP contribution < -0.4 is 11.1 Å². The third kappa shape index (κ3) is 5.06. The third-order valence-corrected chi connectivity index (χ3v) is 4.82. The molecule has 0 spiro atoms. The van der Waals surface area contributed by atoms with Crippen LogP contribution in [0.4, 0.5) is 0 Å². The molecule has 2 fully saturated rings. The van der Waals surface area contributed by atoms with E-state index < -0.39 is 0 Å². The quantitative estimate of drug-likeness (QED) is 0.732. The molecule has 4 heteroatoms. The van der Waals surface area contributed by atoms with Gasteiger partial charge < -0.3 is 11.1 Å². The first-order chi connectivity index (χ1) is 9.79. The predicted octanol–water partition coefficient (Wildman–Crippen LogP) is 2.03. The Bertz CT molecular complexity index is 281. The van der Waals surface area contributed by atoms with E-state index in [2.05, 4.69) is 10.2 Å². The highest BCUT2D eigenvalue weighted by molar-refractivity contribution is 5.78. The minimum absolute atomic E-state index is 0.206. The van der Waals surface area contributed by atoms with Crippen LogP contribution in [-0.4, -0.2) is 42.5 Å². The maximum atomic E-state index is 12.3. The average molecular weight is 281 g/mol. The van der Waals surface area contributed by atoms with Gasteiger partial charge in [0.05, 0.1) is 6.54 Å². The van der Waals surface area contributed by atoms with Crippen molar-refractivity contribution < 1.29 is 4.79 Å². The van der Waals surface area contributed by atoms with Crippen molar-refractivity contribution in [3.05, 3.63) is 0 Å². The summed E-state index contributed by atoms with van der Waals surface area (Å²) in [5.74, 6) is 0.206. The van der Waals surface area contributed by atoms with Crippen LogP contribution in [0.3, 0.4) is 0 Å². The summed E-state index contributed by atoms with van der Waals surface area (Å²) >= 11 is 0. The normalized spacial score (nSPS) is 22.1. The molecule has 0 aromatic heterocycles. The van der Waals surface area contributed by atoms with Crippen LogP contribution in [0.15, 0.2) is 0 Å². The fourth-order valence-corrected chi connectivity index (χ4v) is 3.71. The molecule has 0 aromatic rings. The molecular weight excluding hydrogens is 250 g/mol. The predicted molar refractivity (Wildman–Crippen MR) is 82.5 cm³/mol. The van der Waals surface area contributed by atoms with E-state index >= 15 is 0 Å². The first kappa shape index (κ1) is 15.8. The molecule has 0 aliphatic heterocycles. The first-order valence-electron chi connectivity index (χ1n) is 8.53. The summed E-state index contributed by atoms with van der Waals surface area (Å²) in [6, 6.07) is 0.992. The van der Waals surface area contributed by atoms with Crippen LogP contribution in [0.1, 0.15) is 64.2 Å². The van der Waals surface area contributed by atoms with E-state index in [-0.39, 0.29) is 5.91 Å². The molecule has 4 nitrogen and oxygen atoms in total. The molecule has 20 heavy (non-hydrogen) atoms. The number of hydrogen-bond acceptors (Lipinski definition) is 3. The topological polar surface area (TPSA) is 58.4 Å². The molecule has 0 aromatic carbocycles. The Morgan fingerprint density at radius 2 is 1.60 bits per heavy atom. The minimum atomic E-state index is 0.206. The summed E-state index contributed by atoms with van der Waals surface area (Å²) in [5.41, 5.74) is 5.70. The Morgan fingerprint density at radius 1 is 1.00 bits per heavy atom. The molecule has 0 unspecified atom stereocenters. The van der Waals surface area contributed by atoms with Crippen molar-refractivity contribution >= 4 is 5.91 Å². The molecule has 0 radical (unpaired) electrons. The summed E-state index contributed by atoms with van der Waals surface area (Å²) in [6.45, 7) is 2.04. The molecule has 2 aliphatic rings. The average Bonchev–Trinajstić information content (AvgIpc) is 2.85. The summed E-state index contributed by atoms with van der Waals surface area (Å²) < 4.78 is 0. The van der Waals surface area contributed by atoms with Gasteiger partial charge in [-0.1, -0.05) is 38.5 Å². The minimum Gasteiger partial charge on any atom is -0.352 e. The number of amides is 1. The number of carbonyl (C=O) groups is 1. The Kier molecular flexibility index (Phi) is 6.80. The lowest BCUT2D eigenvalue weighted by molar-refractivity contribution is -0.123. The lowest BCUT2D eigenvalue weighted by atomic mass is 10.1. The number of nitrogens with two attached hydrogens (primary N) is 1. The maximum Gasteiger partial charge on any atom is 0.234 e. The lowest BCUT2D eigenvalue weighted by Crippen LogP contribution is -2.46. The van der Waals surface area contributed by atoms with Gasteiger partial charge in [0.15, 0.2) is 0 Å². The van der Waals surface area contributed by atoms with E-state index in [0.717, 1.165) is 19.4 Å². The van der Waals surface area contributed by atoms with E-state index in [0.29, 0.717) is 25.2 Å². The van der Waals surface area contributed by atoms with Gasteiger partial charge in [0, 0.05) is 25.2 Å². The molecule has 116 valence electrons. The van der Waals surface area contributed by atoms with Crippen molar-refractivity contribution in [2.75, 3.05) is 19.6 Å². The van der Waals surface area contributed by atoms with E-state index in [4.69, 9.17) is 5.73 Å². The molecule has 1 amide bonds. The van der Waals surface area contributed by atoms with Crippen LogP contribution in [-0.2, 0) is 4.79 Å².